The van der Waals surface area contributed by atoms with Gasteiger partial charge in [-0.05, 0) is 56.4 Å². The molecule has 0 bridgehead atoms. The van der Waals surface area contributed by atoms with Gasteiger partial charge in [0, 0.05) is 18.7 Å². The summed E-state index contributed by atoms with van der Waals surface area (Å²) in [4.78, 5) is 14.0. The number of hydrogen-bond donors (Lipinski definition) is 0. The Bertz CT molecular complexity index is 394. The molecule has 1 aliphatic rings. The number of carbonyl (C=O) groups is 1. The minimum Gasteiger partial charge on any atom is -0.339 e. The molecule has 0 radical (unpaired) electrons. The molecule has 16 heavy (non-hydrogen) atoms. The molecule has 1 aromatic carbocycles. The standard InChI is InChI=1S/C14H19NO/c1-3-15(4-2)14(16)13-9-8-11-6-5-7-12(11)10-13/h8-10H,3-7H2,1-2H3. The molecule has 86 valence electrons. The van der Waals surface area contributed by atoms with E-state index in [0.29, 0.717) is 0 Å². The molecule has 0 heterocycles. The Hall–Kier alpha value is -1.31. The van der Waals surface area contributed by atoms with Gasteiger partial charge in [-0.3, -0.25) is 4.79 Å². The average Bonchev–Trinajstić information content (AvgIpc) is 2.77. The minimum atomic E-state index is 0.166. The van der Waals surface area contributed by atoms with E-state index in [2.05, 4.69) is 12.1 Å². The van der Waals surface area contributed by atoms with Gasteiger partial charge in [0.05, 0.1) is 0 Å². The topological polar surface area (TPSA) is 20.3 Å². The van der Waals surface area contributed by atoms with E-state index < -0.39 is 0 Å². The number of hydrogen-bond acceptors (Lipinski definition) is 1. The summed E-state index contributed by atoms with van der Waals surface area (Å²) in [6.45, 7) is 5.61. The fraction of sp³-hybridized carbons (Fsp3) is 0.500. The first kappa shape index (κ1) is 11.2. The van der Waals surface area contributed by atoms with Crippen molar-refractivity contribution in [3.8, 4) is 0 Å². The first-order valence-corrected chi connectivity index (χ1v) is 6.17. The van der Waals surface area contributed by atoms with Gasteiger partial charge in [-0.25, -0.2) is 0 Å². The fourth-order valence-corrected chi connectivity index (χ4v) is 2.40. The first-order chi connectivity index (χ1) is 7.76. The van der Waals surface area contributed by atoms with Crippen molar-refractivity contribution in [3.63, 3.8) is 0 Å². The van der Waals surface area contributed by atoms with Gasteiger partial charge >= 0.3 is 0 Å². The molecule has 2 nitrogen and oxygen atoms in total. The summed E-state index contributed by atoms with van der Waals surface area (Å²) >= 11 is 0. The lowest BCUT2D eigenvalue weighted by atomic mass is 10.1. The highest BCUT2D eigenvalue weighted by Crippen LogP contribution is 2.23. The van der Waals surface area contributed by atoms with Crippen molar-refractivity contribution in [3.05, 3.63) is 34.9 Å². The number of rotatable bonds is 3. The van der Waals surface area contributed by atoms with E-state index >= 15 is 0 Å². The molecule has 0 spiro atoms. The second-order valence-corrected chi connectivity index (χ2v) is 4.31. The zero-order valence-corrected chi connectivity index (χ0v) is 10.1. The van der Waals surface area contributed by atoms with Crippen LogP contribution in [0.15, 0.2) is 18.2 Å². The predicted molar refractivity (Wildman–Crippen MR) is 65.7 cm³/mol. The highest BCUT2D eigenvalue weighted by atomic mass is 16.2. The van der Waals surface area contributed by atoms with Crippen LogP contribution in [0.3, 0.4) is 0 Å². The predicted octanol–water partition coefficient (Wildman–Crippen LogP) is 2.66. The van der Waals surface area contributed by atoms with Gasteiger partial charge < -0.3 is 4.90 Å². The van der Waals surface area contributed by atoms with Gasteiger partial charge in [-0.2, -0.15) is 0 Å². The molecule has 1 amide bonds. The molecule has 0 saturated heterocycles. The van der Waals surface area contributed by atoms with Crippen LogP contribution in [0.1, 0.15) is 41.8 Å². The molecule has 0 N–H and O–H groups in total. The van der Waals surface area contributed by atoms with Crippen LogP contribution in [0.2, 0.25) is 0 Å². The van der Waals surface area contributed by atoms with Crippen LogP contribution in [0, 0.1) is 0 Å². The van der Waals surface area contributed by atoms with Gasteiger partial charge in [0.1, 0.15) is 0 Å². The molecule has 1 aromatic rings. The lowest BCUT2D eigenvalue weighted by Gasteiger charge is -2.19. The Labute approximate surface area is 97.3 Å². The summed E-state index contributed by atoms with van der Waals surface area (Å²) in [5.74, 6) is 0.166. The van der Waals surface area contributed by atoms with Crippen molar-refractivity contribution >= 4 is 5.91 Å². The smallest absolute Gasteiger partial charge is 0.253 e. The Morgan fingerprint density at radius 2 is 1.88 bits per heavy atom. The fourth-order valence-electron chi connectivity index (χ4n) is 2.40. The number of amides is 1. The SMILES string of the molecule is CCN(CC)C(=O)c1ccc2c(c1)CCC2. The molecular formula is C14H19NO. The van der Waals surface area contributed by atoms with Gasteiger partial charge in [-0.1, -0.05) is 6.07 Å². The number of aryl methyl sites for hydroxylation is 2. The maximum Gasteiger partial charge on any atom is 0.253 e. The number of fused-ring (bicyclic) bond motifs is 1. The van der Waals surface area contributed by atoms with E-state index in [1.807, 2.05) is 24.8 Å². The van der Waals surface area contributed by atoms with Crippen LogP contribution in [0.4, 0.5) is 0 Å². The van der Waals surface area contributed by atoms with Crippen LogP contribution in [0.25, 0.3) is 0 Å². The largest absolute Gasteiger partial charge is 0.339 e. The van der Waals surface area contributed by atoms with E-state index in [0.717, 1.165) is 25.1 Å². The van der Waals surface area contributed by atoms with Gasteiger partial charge in [0.2, 0.25) is 0 Å². The highest BCUT2D eigenvalue weighted by molar-refractivity contribution is 5.94. The average molecular weight is 217 g/mol. The summed E-state index contributed by atoms with van der Waals surface area (Å²) in [6.07, 6.45) is 3.54. The molecule has 0 fully saturated rings. The normalized spacial score (nSPS) is 13.6. The Kier molecular flexibility index (Phi) is 3.28. The monoisotopic (exact) mass is 217 g/mol. The maximum absolute atomic E-state index is 12.1. The van der Waals surface area contributed by atoms with Crippen LogP contribution in [0.5, 0.6) is 0 Å². The van der Waals surface area contributed by atoms with Crippen LogP contribution in [-0.4, -0.2) is 23.9 Å². The molecule has 0 atom stereocenters. The summed E-state index contributed by atoms with van der Waals surface area (Å²) in [5, 5.41) is 0. The first-order valence-electron chi connectivity index (χ1n) is 6.17. The van der Waals surface area contributed by atoms with Crippen LogP contribution in [-0.2, 0) is 12.8 Å². The highest BCUT2D eigenvalue weighted by Gasteiger charge is 2.16. The third-order valence-electron chi connectivity index (χ3n) is 3.40. The van der Waals surface area contributed by atoms with Crippen LogP contribution >= 0.6 is 0 Å². The molecule has 0 aromatic heterocycles. The van der Waals surface area contributed by atoms with E-state index in [1.165, 1.54) is 24.0 Å². The second kappa shape index (κ2) is 4.69. The summed E-state index contributed by atoms with van der Waals surface area (Å²) < 4.78 is 0. The summed E-state index contributed by atoms with van der Waals surface area (Å²) in [7, 11) is 0. The van der Waals surface area contributed by atoms with E-state index in [-0.39, 0.29) is 5.91 Å². The lowest BCUT2D eigenvalue weighted by molar-refractivity contribution is 0.0773. The van der Waals surface area contributed by atoms with Crippen molar-refractivity contribution in [2.24, 2.45) is 0 Å². The Morgan fingerprint density at radius 1 is 1.19 bits per heavy atom. The summed E-state index contributed by atoms with van der Waals surface area (Å²) in [5.41, 5.74) is 3.65. The van der Waals surface area contributed by atoms with E-state index in [4.69, 9.17) is 0 Å². The number of benzene rings is 1. The molecule has 0 saturated carbocycles. The van der Waals surface area contributed by atoms with Crippen molar-refractivity contribution in [1.82, 2.24) is 4.90 Å². The quantitative estimate of drug-likeness (QED) is 0.762. The molecule has 0 unspecified atom stereocenters. The van der Waals surface area contributed by atoms with E-state index in [1.54, 1.807) is 0 Å². The third-order valence-corrected chi connectivity index (χ3v) is 3.40. The van der Waals surface area contributed by atoms with Crippen molar-refractivity contribution < 1.29 is 4.79 Å². The van der Waals surface area contributed by atoms with Gasteiger partial charge in [-0.15, -0.1) is 0 Å². The zero-order chi connectivity index (χ0) is 11.5. The Morgan fingerprint density at radius 3 is 2.56 bits per heavy atom. The van der Waals surface area contributed by atoms with Crippen LogP contribution < -0.4 is 0 Å². The molecular weight excluding hydrogens is 198 g/mol. The zero-order valence-electron chi connectivity index (χ0n) is 10.1. The Balaban J connectivity index is 2.24. The minimum absolute atomic E-state index is 0.166. The molecule has 0 aliphatic heterocycles. The molecule has 2 heteroatoms. The van der Waals surface area contributed by atoms with Crippen molar-refractivity contribution in [2.75, 3.05) is 13.1 Å². The third kappa shape index (κ3) is 1.97. The lowest BCUT2D eigenvalue weighted by Crippen LogP contribution is -2.30. The molecule has 1 aliphatic carbocycles. The maximum atomic E-state index is 12.1. The number of carbonyl (C=O) groups excluding carboxylic acids is 1. The van der Waals surface area contributed by atoms with E-state index in [9.17, 15) is 4.79 Å². The van der Waals surface area contributed by atoms with Gasteiger partial charge in [0.15, 0.2) is 0 Å². The van der Waals surface area contributed by atoms with Gasteiger partial charge in [0.25, 0.3) is 5.91 Å². The molecule has 2 rings (SSSR count). The van der Waals surface area contributed by atoms with Crippen molar-refractivity contribution in [2.45, 2.75) is 33.1 Å². The van der Waals surface area contributed by atoms with Crippen molar-refractivity contribution in [1.29, 1.82) is 0 Å². The summed E-state index contributed by atoms with van der Waals surface area (Å²) in [6, 6.07) is 6.19. The second-order valence-electron chi connectivity index (χ2n) is 4.31. The number of nitrogens with zero attached hydrogens (tertiary/aromatic N) is 1.